The van der Waals surface area contributed by atoms with Crippen molar-refractivity contribution < 1.29 is 9.90 Å². The molecule has 2 amide bonds. The molecular formula is C15H29N3O2. The van der Waals surface area contributed by atoms with E-state index in [-0.39, 0.29) is 18.6 Å². The highest BCUT2D eigenvalue weighted by molar-refractivity contribution is 5.74. The number of aliphatic hydroxyl groups is 1. The molecule has 0 radical (unpaired) electrons. The average molecular weight is 283 g/mol. The Bertz CT molecular complexity index is 311. The average Bonchev–Trinajstić information content (AvgIpc) is 2.92. The molecule has 2 heterocycles. The second kappa shape index (κ2) is 7.84. The molecule has 2 rings (SSSR count). The van der Waals surface area contributed by atoms with Gasteiger partial charge in [0.25, 0.3) is 0 Å². The third kappa shape index (κ3) is 4.63. The molecule has 20 heavy (non-hydrogen) atoms. The van der Waals surface area contributed by atoms with Crippen molar-refractivity contribution in [2.45, 2.75) is 32.6 Å². The van der Waals surface area contributed by atoms with E-state index in [2.05, 4.69) is 17.1 Å². The van der Waals surface area contributed by atoms with Gasteiger partial charge in [0.15, 0.2) is 0 Å². The van der Waals surface area contributed by atoms with Crippen LogP contribution in [0.4, 0.5) is 4.79 Å². The topological polar surface area (TPSA) is 55.8 Å². The molecule has 116 valence electrons. The smallest absolute Gasteiger partial charge is 0.317 e. The van der Waals surface area contributed by atoms with E-state index in [1.54, 1.807) is 0 Å². The molecule has 2 aliphatic heterocycles. The predicted octanol–water partition coefficient (Wildman–Crippen LogP) is 1.13. The molecule has 0 aromatic rings. The number of nitrogens with zero attached hydrogens (tertiary/aromatic N) is 2. The quantitative estimate of drug-likeness (QED) is 0.744. The van der Waals surface area contributed by atoms with Crippen LogP contribution in [0.25, 0.3) is 0 Å². The number of rotatable bonds is 5. The lowest BCUT2D eigenvalue weighted by Crippen LogP contribution is -2.40. The van der Waals surface area contributed by atoms with Gasteiger partial charge in [-0.15, -0.1) is 0 Å². The van der Waals surface area contributed by atoms with Crippen molar-refractivity contribution in [3.05, 3.63) is 0 Å². The zero-order valence-corrected chi connectivity index (χ0v) is 12.7. The molecular weight excluding hydrogens is 254 g/mol. The largest absolute Gasteiger partial charge is 0.396 e. The van der Waals surface area contributed by atoms with Crippen LogP contribution in [-0.4, -0.2) is 66.8 Å². The fourth-order valence-corrected chi connectivity index (χ4v) is 3.27. The van der Waals surface area contributed by atoms with E-state index in [1.165, 1.54) is 25.9 Å². The molecule has 2 fully saturated rings. The number of carbonyl (C=O) groups is 1. The van der Waals surface area contributed by atoms with Crippen LogP contribution < -0.4 is 5.32 Å². The SMILES string of the molecule is CC1CCCN(CCCNC(=O)N2CCC(CO)C2)C1. The third-order valence-electron chi connectivity index (χ3n) is 4.50. The number of hydrogen-bond donors (Lipinski definition) is 2. The summed E-state index contributed by atoms with van der Waals surface area (Å²) in [5, 5.41) is 12.1. The van der Waals surface area contributed by atoms with Crippen LogP contribution in [0.2, 0.25) is 0 Å². The lowest BCUT2D eigenvalue weighted by Gasteiger charge is -2.30. The van der Waals surface area contributed by atoms with Gasteiger partial charge in [-0.25, -0.2) is 4.79 Å². The van der Waals surface area contributed by atoms with Crippen molar-refractivity contribution in [1.82, 2.24) is 15.1 Å². The lowest BCUT2D eigenvalue weighted by atomic mass is 10.0. The van der Waals surface area contributed by atoms with Gasteiger partial charge in [0.2, 0.25) is 0 Å². The van der Waals surface area contributed by atoms with Crippen LogP contribution in [-0.2, 0) is 0 Å². The van der Waals surface area contributed by atoms with Gasteiger partial charge >= 0.3 is 6.03 Å². The number of aliphatic hydroxyl groups excluding tert-OH is 1. The van der Waals surface area contributed by atoms with Crippen molar-refractivity contribution in [2.24, 2.45) is 11.8 Å². The Labute approximate surface area is 122 Å². The Hall–Kier alpha value is -0.810. The zero-order chi connectivity index (χ0) is 14.4. The number of likely N-dealkylation sites (tertiary alicyclic amines) is 2. The summed E-state index contributed by atoms with van der Waals surface area (Å²) in [7, 11) is 0. The summed E-state index contributed by atoms with van der Waals surface area (Å²) in [6.45, 7) is 8.25. The minimum absolute atomic E-state index is 0.0352. The van der Waals surface area contributed by atoms with E-state index in [0.29, 0.717) is 6.54 Å². The Balaban J connectivity index is 1.55. The highest BCUT2D eigenvalue weighted by Gasteiger charge is 2.25. The molecule has 2 unspecified atom stereocenters. The number of carbonyl (C=O) groups excluding carboxylic acids is 1. The van der Waals surface area contributed by atoms with Crippen molar-refractivity contribution in [2.75, 3.05) is 45.9 Å². The van der Waals surface area contributed by atoms with Gasteiger partial charge in [0, 0.05) is 38.7 Å². The molecule has 0 aromatic heterocycles. The van der Waals surface area contributed by atoms with Crippen molar-refractivity contribution in [1.29, 1.82) is 0 Å². The Morgan fingerprint density at radius 3 is 2.85 bits per heavy atom. The molecule has 0 bridgehead atoms. The van der Waals surface area contributed by atoms with Gasteiger partial charge in [-0.1, -0.05) is 6.92 Å². The zero-order valence-electron chi connectivity index (χ0n) is 12.7. The van der Waals surface area contributed by atoms with Crippen molar-refractivity contribution in [3.8, 4) is 0 Å². The molecule has 0 saturated carbocycles. The molecule has 2 atom stereocenters. The van der Waals surface area contributed by atoms with Gasteiger partial charge in [-0.05, 0) is 44.7 Å². The van der Waals surface area contributed by atoms with E-state index >= 15 is 0 Å². The van der Waals surface area contributed by atoms with E-state index in [9.17, 15) is 4.79 Å². The van der Waals surface area contributed by atoms with Crippen LogP contribution in [0, 0.1) is 11.8 Å². The van der Waals surface area contributed by atoms with Gasteiger partial charge in [0.1, 0.15) is 0 Å². The minimum atomic E-state index is 0.0352. The summed E-state index contributed by atoms with van der Waals surface area (Å²) in [4.78, 5) is 16.3. The molecule has 2 aliphatic rings. The second-order valence-electron chi connectivity index (χ2n) is 6.42. The van der Waals surface area contributed by atoms with Crippen LogP contribution in [0.5, 0.6) is 0 Å². The summed E-state index contributed by atoms with van der Waals surface area (Å²) >= 11 is 0. The molecule has 5 nitrogen and oxygen atoms in total. The standard InChI is InChI=1S/C15H29N3O2/c1-13-4-2-7-17(10-13)8-3-6-16-15(20)18-9-5-14(11-18)12-19/h13-14,19H,2-12H2,1H3,(H,16,20). The lowest BCUT2D eigenvalue weighted by molar-refractivity contribution is 0.179. The van der Waals surface area contributed by atoms with Gasteiger partial charge < -0.3 is 20.2 Å². The summed E-state index contributed by atoms with van der Waals surface area (Å²) in [5.41, 5.74) is 0. The maximum atomic E-state index is 11.9. The maximum Gasteiger partial charge on any atom is 0.317 e. The van der Waals surface area contributed by atoms with E-state index in [0.717, 1.165) is 38.4 Å². The summed E-state index contributed by atoms with van der Waals surface area (Å²) in [5.74, 6) is 1.09. The van der Waals surface area contributed by atoms with Crippen LogP contribution in [0.3, 0.4) is 0 Å². The normalized spacial score (nSPS) is 27.8. The molecule has 0 aliphatic carbocycles. The third-order valence-corrected chi connectivity index (χ3v) is 4.50. The first-order chi connectivity index (χ1) is 9.69. The van der Waals surface area contributed by atoms with Crippen molar-refractivity contribution in [3.63, 3.8) is 0 Å². The number of hydrogen-bond acceptors (Lipinski definition) is 3. The van der Waals surface area contributed by atoms with Crippen LogP contribution >= 0.6 is 0 Å². The first-order valence-corrected chi connectivity index (χ1v) is 8.05. The molecule has 2 N–H and O–H groups in total. The van der Waals surface area contributed by atoms with Crippen molar-refractivity contribution >= 4 is 6.03 Å². The highest BCUT2D eigenvalue weighted by Crippen LogP contribution is 2.16. The van der Waals surface area contributed by atoms with Gasteiger partial charge in [0.05, 0.1) is 0 Å². The fraction of sp³-hybridized carbons (Fsp3) is 0.933. The van der Waals surface area contributed by atoms with E-state index in [1.807, 2.05) is 4.90 Å². The van der Waals surface area contributed by atoms with E-state index < -0.39 is 0 Å². The Morgan fingerprint density at radius 2 is 2.15 bits per heavy atom. The van der Waals surface area contributed by atoms with E-state index in [4.69, 9.17) is 5.11 Å². The molecule has 0 aromatic carbocycles. The molecule has 5 heteroatoms. The Kier molecular flexibility index (Phi) is 6.10. The molecule has 2 saturated heterocycles. The summed E-state index contributed by atoms with van der Waals surface area (Å²) in [6.07, 6.45) is 4.61. The van der Waals surface area contributed by atoms with Gasteiger partial charge in [-0.2, -0.15) is 0 Å². The Morgan fingerprint density at radius 1 is 1.30 bits per heavy atom. The minimum Gasteiger partial charge on any atom is -0.396 e. The second-order valence-corrected chi connectivity index (χ2v) is 6.42. The maximum absolute atomic E-state index is 11.9. The fourth-order valence-electron chi connectivity index (χ4n) is 3.27. The summed E-state index contributed by atoms with van der Waals surface area (Å²) < 4.78 is 0. The summed E-state index contributed by atoms with van der Waals surface area (Å²) in [6, 6.07) is 0.0352. The van der Waals surface area contributed by atoms with Crippen LogP contribution in [0.15, 0.2) is 0 Å². The number of urea groups is 1. The number of amides is 2. The monoisotopic (exact) mass is 283 g/mol. The number of nitrogens with one attached hydrogen (secondary N) is 1. The highest BCUT2D eigenvalue weighted by atomic mass is 16.3. The van der Waals surface area contributed by atoms with Gasteiger partial charge in [-0.3, -0.25) is 0 Å². The first-order valence-electron chi connectivity index (χ1n) is 8.05. The molecule has 0 spiro atoms. The predicted molar refractivity (Wildman–Crippen MR) is 79.6 cm³/mol. The number of piperidine rings is 1. The van der Waals surface area contributed by atoms with Crippen LogP contribution in [0.1, 0.15) is 32.6 Å². The first kappa shape index (κ1) is 15.6.